The Morgan fingerprint density at radius 1 is 1.30 bits per heavy atom. The number of carbonyl (C=O) groups is 1. The van der Waals surface area contributed by atoms with Gasteiger partial charge in [-0.05, 0) is 19.3 Å². The number of hydrogen-bond donors (Lipinski definition) is 1. The van der Waals surface area contributed by atoms with Crippen LogP contribution in [0.15, 0.2) is 0 Å². The van der Waals surface area contributed by atoms with Gasteiger partial charge in [0.25, 0.3) is 0 Å². The van der Waals surface area contributed by atoms with E-state index in [0.717, 1.165) is 45.2 Å². The number of ether oxygens (including phenoxy) is 2. The first-order valence-electron chi connectivity index (χ1n) is 7.80. The maximum atomic E-state index is 12.6. The number of likely N-dealkylation sites (tertiary alicyclic amines) is 1. The Hall–Kier alpha value is -0.650. The van der Waals surface area contributed by atoms with Crippen molar-refractivity contribution in [3.8, 4) is 0 Å². The summed E-state index contributed by atoms with van der Waals surface area (Å²) in [7, 11) is 1.67. The number of nitrogens with two attached hydrogens (primary N) is 1. The Labute approximate surface area is 121 Å². The summed E-state index contributed by atoms with van der Waals surface area (Å²) in [6, 6.07) is 0. The third-order valence-electron chi connectivity index (χ3n) is 4.53. The van der Waals surface area contributed by atoms with Gasteiger partial charge in [0, 0.05) is 26.1 Å². The molecule has 1 aliphatic carbocycles. The average molecular weight is 284 g/mol. The molecule has 0 aromatic carbocycles. The maximum absolute atomic E-state index is 12.6. The molecule has 1 amide bonds. The lowest BCUT2D eigenvalue weighted by molar-refractivity contribution is -0.137. The molecular formula is C15H28N2O3. The van der Waals surface area contributed by atoms with Crippen molar-refractivity contribution in [3.63, 3.8) is 0 Å². The second-order valence-electron chi connectivity index (χ2n) is 6.19. The van der Waals surface area contributed by atoms with Gasteiger partial charge in [-0.2, -0.15) is 0 Å². The topological polar surface area (TPSA) is 64.8 Å². The molecule has 1 saturated heterocycles. The number of methoxy groups -OCH3 is 1. The Bertz CT molecular complexity index is 316. The predicted octanol–water partition coefficient (Wildman–Crippen LogP) is 1.16. The Morgan fingerprint density at radius 2 is 2.05 bits per heavy atom. The summed E-state index contributed by atoms with van der Waals surface area (Å²) in [6.45, 7) is 3.59. The largest absolute Gasteiger partial charge is 0.382 e. The molecule has 1 unspecified atom stereocenters. The van der Waals surface area contributed by atoms with E-state index in [1.165, 1.54) is 6.42 Å². The summed E-state index contributed by atoms with van der Waals surface area (Å²) in [6.07, 6.45) is 6.09. The number of amides is 1. The summed E-state index contributed by atoms with van der Waals surface area (Å²) >= 11 is 0. The molecule has 5 nitrogen and oxygen atoms in total. The van der Waals surface area contributed by atoms with Crippen LogP contribution < -0.4 is 5.73 Å². The third-order valence-corrected chi connectivity index (χ3v) is 4.53. The van der Waals surface area contributed by atoms with E-state index in [4.69, 9.17) is 15.2 Å². The van der Waals surface area contributed by atoms with Crippen LogP contribution in [0.25, 0.3) is 0 Å². The summed E-state index contributed by atoms with van der Waals surface area (Å²) in [5.74, 6) is 0.611. The van der Waals surface area contributed by atoms with Crippen LogP contribution in [0, 0.1) is 5.92 Å². The molecule has 116 valence electrons. The summed E-state index contributed by atoms with van der Waals surface area (Å²) in [5, 5.41) is 0. The minimum Gasteiger partial charge on any atom is -0.382 e. The summed E-state index contributed by atoms with van der Waals surface area (Å²) < 4.78 is 10.5. The Morgan fingerprint density at radius 3 is 2.75 bits per heavy atom. The first-order chi connectivity index (χ1) is 9.65. The van der Waals surface area contributed by atoms with Crippen LogP contribution in [0.3, 0.4) is 0 Å². The lowest BCUT2D eigenvalue weighted by Gasteiger charge is -2.35. The second kappa shape index (κ2) is 7.38. The molecule has 0 aromatic heterocycles. The van der Waals surface area contributed by atoms with E-state index >= 15 is 0 Å². The predicted molar refractivity (Wildman–Crippen MR) is 77.4 cm³/mol. The van der Waals surface area contributed by atoms with Crippen molar-refractivity contribution in [1.29, 1.82) is 0 Å². The molecule has 0 aromatic rings. The molecule has 2 fully saturated rings. The fraction of sp³-hybridized carbons (Fsp3) is 0.933. The lowest BCUT2D eigenvalue weighted by atomic mass is 9.81. The van der Waals surface area contributed by atoms with Gasteiger partial charge >= 0.3 is 0 Å². The van der Waals surface area contributed by atoms with E-state index in [0.29, 0.717) is 25.7 Å². The van der Waals surface area contributed by atoms with Crippen LogP contribution in [-0.2, 0) is 14.3 Å². The fourth-order valence-electron chi connectivity index (χ4n) is 3.26. The van der Waals surface area contributed by atoms with Gasteiger partial charge in [-0.3, -0.25) is 4.79 Å². The molecule has 1 heterocycles. The normalized spacial score (nSPS) is 25.9. The summed E-state index contributed by atoms with van der Waals surface area (Å²) in [5.41, 5.74) is 5.74. The lowest BCUT2D eigenvalue weighted by Crippen LogP contribution is -2.55. The number of rotatable bonds is 6. The highest BCUT2D eigenvalue weighted by Gasteiger charge is 2.40. The van der Waals surface area contributed by atoms with Gasteiger partial charge in [0.1, 0.15) is 0 Å². The number of nitrogens with zero attached hydrogens (tertiary/aromatic N) is 1. The maximum Gasteiger partial charge on any atom is 0.242 e. The van der Waals surface area contributed by atoms with Crippen LogP contribution in [0.4, 0.5) is 0 Å². The molecule has 20 heavy (non-hydrogen) atoms. The van der Waals surface area contributed by atoms with Crippen molar-refractivity contribution in [2.24, 2.45) is 11.7 Å². The van der Waals surface area contributed by atoms with Crippen LogP contribution in [0.1, 0.15) is 38.5 Å². The highest BCUT2D eigenvalue weighted by atomic mass is 16.5. The Kier molecular flexibility index (Phi) is 5.81. The van der Waals surface area contributed by atoms with Crippen molar-refractivity contribution in [2.45, 2.75) is 44.1 Å². The van der Waals surface area contributed by atoms with Crippen molar-refractivity contribution in [3.05, 3.63) is 0 Å². The minimum absolute atomic E-state index is 0.164. The van der Waals surface area contributed by atoms with Crippen molar-refractivity contribution >= 4 is 5.91 Å². The van der Waals surface area contributed by atoms with Gasteiger partial charge in [0.2, 0.25) is 5.91 Å². The van der Waals surface area contributed by atoms with Gasteiger partial charge in [-0.1, -0.05) is 19.3 Å². The van der Waals surface area contributed by atoms with E-state index in [1.807, 2.05) is 4.90 Å². The van der Waals surface area contributed by atoms with E-state index in [9.17, 15) is 4.79 Å². The molecule has 2 aliphatic rings. The Balaban J connectivity index is 1.75. The monoisotopic (exact) mass is 284 g/mol. The van der Waals surface area contributed by atoms with Gasteiger partial charge in [0.15, 0.2) is 0 Å². The molecule has 1 saturated carbocycles. The zero-order valence-corrected chi connectivity index (χ0v) is 12.6. The zero-order valence-electron chi connectivity index (χ0n) is 12.6. The molecule has 0 bridgehead atoms. The van der Waals surface area contributed by atoms with Crippen molar-refractivity contribution in [2.75, 3.05) is 40.0 Å². The van der Waals surface area contributed by atoms with Crippen LogP contribution in [0.2, 0.25) is 0 Å². The SMILES string of the molecule is COCCOCC1CCN(C(=O)C2(N)CCCCC2)C1. The highest BCUT2D eigenvalue weighted by Crippen LogP contribution is 2.29. The average Bonchev–Trinajstić information content (AvgIpc) is 2.92. The quantitative estimate of drug-likeness (QED) is 0.743. The molecule has 0 spiro atoms. The first-order valence-corrected chi connectivity index (χ1v) is 7.80. The van der Waals surface area contributed by atoms with Gasteiger partial charge in [-0.25, -0.2) is 0 Å². The molecule has 1 atom stereocenters. The third kappa shape index (κ3) is 3.93. The van der Waals surface area contributed by atoms with Crippen molar-refractivity contribution < 1.29 is 14.3 Å². The molecule has 5 heteroatoms. The zero-order chi connectivity index (χ0) is 14.4. The van der Waals surface area contributed by atoms with E-state index in [2.05, 4.69) is 0 Å². The standard InChI is InChI=1S/C15H28N2O3/c1-19-9-10-20-12-13-5-8-17(11-13)14(18)15(16)6-3-2-4-7-15/h13H,2-12,16H2,1H3. The molecule has 2 N–H and O–H groups in total. The van der Waals surface area contributed by atoms with Crippen LogP contribution >= 0.6 is 0 Å². The molecule has 0 radical (unpaired) electrons. The van der Waals surface area contributed by atoms with Crippen LogP contribution in [-0.4, -0.2) is 56.4 Å². The molecule has 2 rings (SSSR count). The molecular weight excluding hydrogens is 256 g/mol. The van der Waals surface area contributed by atoms with E-state index in [-0.39, 0.29) is 5.91 Å². The van der Waals surface area contributed by atoms with E-state index in [1.54, 1.807) is 7.11 Å². The van der Waals surface area contributed by atoms with Gasteiger partial charge in [0.05, 0.1) is 25.4 Å². The number of carbonyl (C=O) groups excluding carboxylic acids is 1. The fourth-order valence-corrected chi connectivity index (χ4v) is 3.26. The smallest absolute Gasteiger partial charge is 0.242 e. The van der Waals surface area contributed by atoms with Gasteiger partial charge < -0.3 is 20.1 Å². The minimum atomic E-state index is -0.593. The molecule has 1 aliphatic heterocycles. The van der Waals surface area contributed by atoms with Crippen molar-refractivity contribution in [1.82, 2.24) is 4.90 Å². The summed E-state index contributed by atoms with van der Waals surface area (Å²) in [4.78, 5) is 14.5. The highest BCUT2D eigenvalue weighted by molar-refractivity contribution is 5.86. The van der Waals surface area contributed by atoms with E-state index < -0.39 is 5.54 Å². The first kappa shape index (κ1) is 15.7. The second-order valence-corrected chi connectivity index (χ2v) is 6.19. The van der Waals surface area contributed by atoms with Gasteiger partial charge in [-0.15, -0.1) is 0 Å². The van der Waals surface area contributed by atoms with Crippen LogP contribution in [0.5, 0.6) is 0 Å². The number of hydrogen-bond acceptors (Lipinski definition) is 4.